The minimum atomic E-state index is 0. The molecule has 0 aliphatic carbocycles. The van der Waals surface area contributed by atoms with Gasteiger partial charge in [-0.05, 0) is 30.5 Å². The normalized spacial score (nSPS) is 10.7. The summed E-state index contributed by atoms with van der Waals surface area (Å²) in [6.45, 7) is 3.67. The molecule has 0 aromatic heterocycles. The van der Waals surface area contributed by atoms with E-state index in [1.165, 1.54) is 0 Å². The summed E-state index contributed by atoms with van der Waals surface area (Å²) in [5.74, 6) is 2.00. The Bertz CT molecular complexity index is 439. The maximum absolute atomic E-state index is 5.77. The first-order valence-electron chi connectivity index (χ1n) is 6.96. The van der Waals surface area contributed by atoms with Crippen LogP contribution in [0.15, 0.2) is 23.2 Å². The van der Waals surface area contributed by atoms with Crippen molar-refractivity contribution in [2.24, 2.45) is 10.7 Å². The summed E-state index contributed by atoms with van der Waals surface area (Å²) in [5.41, 5.74) is 6.94. The third-order valence-electron chi connectivity index (χ3n) is 2.96. The monoisotopic (exact) mass is 407 g/mol. The molecule has 21 heavy (non-hydrogen) atoms. The van der Waals surface area contributed by atoms with Crippen LogP contribution in [-0.4, -0.2) is 33.3 Å². The minimum absolute atomic E-state index is 0. The molecule has 120 valence electrons. The fourth-order valence-electron chi connectivity index (χ4n) is 1.78. The van der Waals surface area contributed by atoms with Crippen molar-refractivity contribution in [2.45, 2.75) is 26.2 Å². The summed E-state index contributed by atoms with van der Waals surface area (Å²) in [6.07, 6.45) is 3.05. The summed E-state index contributed by atoms with van der Waals surface area (Å²) >= 11 is 0. The molecule has 6 heteroatoms. The van der Waals surface area contributed by atoms with Gasteiger partial charge in [0.25, 0.3) is 0 Å². The number of nitrogens with zero attached hydrogens (tertiary/aromatic N) is 1. The molecule has 0 spiro atoms. The molecule has 3 N–H and O–H groups in total. The molecule has 0 saturated heterocycles. The zero-order valence-electron chi connectivity index (χ0n) is 13.0. The Morgan fingerprint density at radius 2 is 1.95 bits per heavy atom. The van der Waals surface area contributed by atoms with Crippen LogP contribution in [0.4, 0.5) is 0 Å². The summed E-state index contributed by atoms with van der Waals surface area (Å²) in [7, 11) is 3.27. The highest BCUT2D eigenvalue weighted by atomic mass is 127. The lowest BCUT2D eigenvalue weighted by Gasteiger charge is -2.10. The van der Waals surface area contributed by atoms with Crippen molar-refractivity contribution in [2.75, 3.05) is 27.3 Å². The molecule has 0 radical (unpaired) electrons. The van der Waals surface area contributed by atoms with E-state index in [9.17, 15) is 0 Å². The van der Waals surface area contributed by atoms with Gasteiger partial charge in [-0.25, -0.2) is 0 Å². The summed E-state index contributed by atoms with van der Waals surface area (Å²) in [6, 6.07) is 5.91. The first-order chi connectivity index (χ1) is 9.71. The van der Waals surface area contributed by atoms with Crippen molar-refractivity contribution in [1.82, 2.24) is 5.32 Å². The lowest BCUT2D eigenvalue weighted by Crippen LogP contribution is -2.33. The van der Waals surface area contributed by atoms with Gasteiger partial charge >= 0.3 is 0 Å². The number of methoxy groups -OCH3 is 2. The van der Waals surface area contributed by atoms with Crippen molar-refractivity contribution in [3.8, 4) is 11.5 Å². The first kappa shape index (κ1) is 19.8. The number of hydrogen-bond acceptors (Lipinski definition) is 3. The van der Waals surface area contributed by atoms with Crippen LogP contribution in [-0.2, 0) is 6.42 Å². The quantitative estimate of drug-likeness (QED) is 0.301. The van der Waals surface area contributed by atoms with Crippen molar-refractivity contribution < 1.29 is 9.47 Å². The van der Waals surface area contributed by atoms with Crippen LogP contribution in [0.3, 0.4) is 0 Å². The molecule has 1 aromatic carbocycles. The molecule has 0 aliphatic heterocycles. The second kappa shape index (κ2) is 11.5. The summed E-state index contributed by atoms with van der Waals surface area (Å²) in [5, 5.41) is 3.11. The molecule has 0 atom stereocenters. The number of nitrogens with two attached hydrogens (primary N) is 1. The zero-order valence-corrected chi connectivity index (χ0v) is 15.3. The smallest absolute Gasteiger partial charge is 0.188 e. The van der Waals surface area contributed by atoms with Gasteiger partial charge in [0.1, 0.15) is 0 Å². The van der Waals surface area contributed by atoms with E-state index >= 15 is 0 Å². The lowest BCUT2D eigenvalue weighted by molar-refractivity contribution is 0.354. The second-order valence-corrected chi connectivity index (χ2v) is 4.49. The van der Waals surface area contributed by atoms with E-state index in [4.69, 9.17) is 15.2 Å². The topological polar surface area (TPSA) is 68.9 Å². The van der Waals surface area contributed by atoms with Crippen LogP contribution in [0, 0.1) is 0 Å². The highest BCUT2D eigenvalue weighted by molar-refractivity contribution is 14.0. The van der Waals surface area contributed by atoms with Gasteiger partial charge in [-0.1, -0.05) is 19.4 Å². The summed E-state index contributed by atoms with van der Waals surface area (Å²) in [4.78, 5) is 4.24. The van der Waals surface area contributed by atoms with Crippen LogP contribution in [0.1, 0.15) is 25.3 Å². The molecule has 5 nitrogen and oxygen atoms in total. The number of nitrogens with one attached hydrogen (secondary N) is 1. The third-order valence-corrected chi connectivity index (χ3v) is 2.96. The number of guanidine groups is 1. The second-order valence-electron chi connectivity index (χ2n) is 4.49. The minimum Gasteiger partial charge on any atom is -0.493 e. The van der Waals surface area contributed by atoms with Crippen molar-refractivity contribution in [3.63, 3.8) is 0 Å². The Kier molecular flexibility index (Phi) is 10.8. The predicted octanol–water partition coefficient (Wildman–Crippen LogP) is 2.57. The molecule has 0 saturated carbocycles. The fraction of sp³-hybridized carbons (Fsp3) is 0.533. The molecule has 1 aromatic rings. The van der Waals surface area contributed by atoms with Gasteiger partial charge in [-0.2, -0.15) is 0 Å². The number of rotatable bonds is 8. The van der Waals surface area contributed by atoms with Gasteiger partial charge in [0, 0.05) is 13.1 Å². The van der Waals surface area contributed by atoms with E-state index in [1.54, 1.807) is 14.2 Å². The Morgan fingerprint density at radius 1 is 1.24 bits per heavy atom. The first-order valence-corrected chi connectivity index (χ1v) is 6.96. The van der Waals surface area contributed by atoms with E-state index in [1.807, 2.05) is 18.2 Å². The predicted molar refractivity (Wildman–Crippen MR) is 98.1 cm³/mol. The fourth-order valence-corrected chi connectivity index (χ4v) is 1.78. The number of halogens is 1. The number of ether oxygens (including phenoxy) is 2. The van der Waals surface area contributed by atoms with Gasteiger partial charge in [0.2, 0.25) is 0 Å². The molecule has 0 unspecified atom stereocenters. The van der Waals surface area contributed by atoms with Crippen LogP contribution in [0.5, 0.6) is 11.5 Å². The number of benzene rings is 1. The average molecular weight is 407 g/mol. The molecular weight excluding hydrogens is 381 g/mol. The molecule has 0 heterocycles. The molecule has 0 bridgehead atoms. The van der Waals surface area contributed by atoms with Crippen molar-refractivity contribution >= 4 is 29.9 Å². The average Bonchev–Trinajstić information content (AvgIpc) is 2.47. The van der Waals surface area contributed by atoms with Gasteiger partial charge in [-0.15, -0.1) is 24.0 Å². The van der Waals surface area contributed by atoms with Crippen molar-refractivity contribution in [3.05, 3.63) is 23.8 Å². The lowest BCUT2D eigenvalue weighted by atomic mass is 10.1. The van der Waals surface area contributed by atoms with Gasteiger partial charge in [0.15, 0.2) is 17.5 Å². The van der Waals surface area contributed by atoms with E-state index in [-0.39, 0.29) is 24.0 Å². The molecule has 0 aliphatic rings. The molecular formula is C15H26IN3O2. The van der Waals surface area contributed by atoms with Gasteiger partial charge in [-0.3, -0.25) is 4.99 Å². The summed E-state index contributed by atoms with van der Waals surface area (Å²) < 4.78 is 10.5. The van der Waals surface area contributed by atoms with Crippen LogP contribution < -0.4 is 20.5 Å². The molecule has 0 fully saturated rings. The number of hydrogen-bond donors (Lipinski definition) is 2. The Morgan fingerprint density at radius 3 is 2.57 bits per heavy atom. The van der Waals surface area contributed by atoms with Crippen LogP contribution >= 0.6 is 24.0 Å². The van der Waals surface area contributed by atoms with E-state index < -0.39 is 0 Å². The van der Waals surface area contributed by atoms with Gasteiger partial charge < -0.3 is 20.5 Å². The maximum Gasteiger partial charge on any atom is 0.188 e. The highest BCUT2D eigenvalue weighted by Crippen LogP contribution is 2.27. The van der Waals surface area contributed by atoms with Gasteiger partial charge in [0.05, 0.1) is 14.2 Å². The van der Waals surface area contributed by atoms with Crippen LogP contribution in [0.25, 0.3) is 0 Å². The zero-order chi connectivity index (χ0) is 14.8. The number of unbranched alkanes of at least 4 members (excludes halogenated alkanes) is 1. The number of aliphatic imine (C=N–C) groups is 1. The van der Waals surface area contributed by atoms with E-state index in [0.717, 1.165) is 49.4 Å². The van der Waals surface area contributed by atoms with Crippen molar-refractivity contribution in [1.29, 1.82) is 0 Å². The highest BCUT2D eigenvalue weighted by Gasteiger charge is 2.04. The molecule has 0 amide bonds. The maximum atomic E-state index is 5.77. The third kappa shape index (κ3) is 7.40. The Labute approximate surface area is 144 Å². The standard InChI is InChI=1S/C15H25N3O2.HI/c1-4-5-9-17-15(16)18-10-8-12-6-7-13(19-2)14(11-12)20-3;/h6-7,11H,4-5,8-10H2,1-3H3,(H3,16,17,18);1H. The van der Waals surface area contributed by atoms with Crippen LogP contribution in [0.2, 0.25) is 0 Å². The SMILES string of the molecule is CCCCN=C(N)NCCc1ccc(OC)c(OC)c1.I. The largest absolute Gasteiger partial charge is 0.493 e. The van der Waals surface area contributed by atoms with E-state index in [2.05, 4.69) is 17.2 Å². The molecule has 1 rings (SSSR count). The van der Waals surface area contributed by atoms with E-state index in [0.29, 0.717) is 5.96 Å². The Balaban J connectivity index is 0.00000400. The Hall–Kier alpha value is -1.18.